The minimum Gasteiger partial charge on any atom is -0.392 e. The number of aliphatic hydroxyl groups excluding tert-OH is 1. The van der Waals surface area contributed by atoms with Crippen molar-refractivity contribution in [3.63, 3.8) is 0 Å². The molecule has 3 nitrogen and oxygen atoms in total. The first-order chi connectivity index (χ1) is 10.3. The van der Waals surface area contributed by atoms with E-state index in [1.54, 1.807) is 36.0 Å². The number of aryl methyl sites for hydroxylation is 1. The molecule has 0 saturated carbocycles. The molecule has 0 atom stereocenters. The van der Waals surface area contributed by atoms with Gasteiger partial charge in [-0.3, -0.25) is 4.79 Å². The van der Waals surface area contributed by atoms with Gasteiger partial charge < -0.3 is 10.4 Å². The molecule has 0 heterocycles. The zero-order valence-corrected chi connectivity index (χ0v) is 12.6. The first-order valence-corrected chi connectivity index (χ1v) is 8.05. The highest BCUT2D eigenvalue weighted by atomic mass is 32.2. The van der Waals surface area contributed by atoms with Gasteiger partial charge in [-0.25, -0.2) is 0 Å². The predicted molar refractivity (Wildman–Crippen MR) is 88.5 cm³/mol. The molecular formula is C17H19NO2S. The Bertz CT molecular complexity index is 555. The molecule has 0 saturated heterocycles. The number of amides is 1. The van der Waals surface area contributed by atoms with Gasteiger partial charge in [-0.05, 0) is 35.4 Å². The largest absolute Gasteiger partial charge is 0.392 e. The number of benzene rings is 2. The van der Waals surface area contributed by atoms with E-state index >= 15 is 0 Å². The Morgan fingerprint density at radius 1 is 1.00 bits per heavy atom. The average molecular weight is 301 g/mol. The lowest BCUT2D eigenvalue weighted by molar-refractivity contribution is -0.113. The Balaban J connectivity index is 1.67. The third kappa shape index (κ3) is 5.61. The lowest BCUT2D eigenvalue weighted by Crippen LogP contribution is -2.14. The molecule has 0 spiro atoms. The molecule has 0 aromatic heterocycles. The Hall–Kier alpha value is -1.78. The first kappa shape index (κ1) is 15.6. The van der Waals surface area contributed by atoms with E-state index in [2.05, 4.69) is 17.4 Å². The van der Waals surface area contributed by atoms with Gasteiger partial charge in [-0.15, -0.1) is 0 Å². The normalized spacial score (nSPS) is 10.3. The van der Waals surface area contributed by atoms with Gasteiger partial charge in [0.15, 0.2) is 0 Å². The molecule has 0 bridgehead atoms. The van der Waals surface area contributed by atoms with Crippen LogP contribution in [0.1, 0.15) is 11.1 Å². The fraction of sp³-hybridized carbons (Fsp3) is 0.235. The average Bonchev–Trinajstić information content (AvgIpc) is 2.53. The van der Waals surface area contributed by atoms with Crippen LogP contribution in [0.5, 0.6) is 0 Å². The maximum Gasteiger partial charge on any atom is 0.234 e. The van der Waals surface area contributed by atoms with Crippen LogP contribution >= 0.6 is 11.8 Å². The summed E-state index contributed by atoms with van der Waals surface area (Å²) in [6, 6.07) is 17.5. The minimum absolute atomic E-state index is 0.00445. The number of aliphatic hydroxyl groups is 1. The van der Waals surface area contributed by atoms with Crippen molar-refractivity contribution in [3.8, 4) is 0 Å². The molecule has 0 unspecified atom stereocenters. The Morgan fingerprint density at radius 3 is 2.38 bits per heavy atom. The minimum atomic E-state index is 0.00445. The van der Waals surface area contributed by atoms with Crippen molar-refractivity contribution >= 4 is 23.4 Å². The molecule has 2 aromatic carbocycles. The zero-order chi connectivity index (χ0) is 14.9. The molecule has 4 heteroatoms. The highest BCUT2D eigenvalue weighted by Gasteiger charge is 2.03. The van der Waals surface area contributed by atoms with E-state index in [1.165, 1.54) is 5.56 Å². The number of thioether (sulfide) groups is 1. The Kier molecular flexibility index (Phi) is 6.31. The van der Waals surface area contributed by atoms with Gasteiger partial charge in [0.05, 0.1) is 12.4 Å². The lowest BCUT2D eigenvalue weighted by Gasteiger charge is -2.06. The van der Waals surface area contributed by atoms with E-state index in [1.807, 2.05) is 18.2 Å². The Morgan fingerprint density at radius 2 is 1.71 bits per heavy atom. The van der Waals surface area contributed by atoms with Crippen LogP contribution in [-0.4, -0.2) is 22.5 Å². The van der Waals surface area contributed by atoms with Crippen LogP contribution in [0.25, 0.3) is 0 Å². The van der Waals surface area contributed by atoms with E-state index in [-0.39, 0.29) is 12.5 Å². The van der Waals surface area contributed by atoms with Crippen molar-refractivity contribution in [2.45, 2.75) is 13.0 Å². The van der Waals surface area contributed by atoms with Crippen LogP contribution in [0.3, 0.4) is 0 Å². The summed E-state index contributed by atoms with van der Waals surface area (Å²) in [6.45, 7) is 0.0174. The summed E-state index contributed by atoms with van der Waals surface area (Å²) in [5.74, 6) is 1.39. The number of carbonyl (C=O) groups excluding carboxylic acids is 1. The van der Waals surface area contributed by atoms with Crippen molar-refractivity contribution in [1.29, 1.82) is 0 Å². The molecule has 110 valence electrons. The molecule has 0 aliphatic rings. The third-order valence-electron chi connectivity index (χ3n) is 3.03. The fourth-order valence-electron chi connectivity index (χ4n) is 1.89. The summed E-state index contributed by atoms with van der Waals surface area (Å²) in [6.07, 6.45) is 0.976. The lowest BCUT2D eigenvalue weighted by atomic mass is 10.2. The molecule has 0 radical (unpaired) electrons. The topological polar surface area (TPSA) is 49.3 Å². The van der Waals surface area contributed by atoms with Gasteiger partial charge in [-0.1, -0.05) is 42.5 Å². The molecule has 21 heavy (non-hydrogen) atoms. The summed E-state index contributed by atoms with van der Waals surface area (Å²) in [5.41, 5.74) is 2.90. The van der Waals surface area contributed by atoms with Crippen LogP contribution in [0.2, 0.25) is 0 Å². The van der Waals surface area contributed by atoms with Crippen molar-refractivity contribution < 1.29 is 9.90 Å². The van der Waals surface area contributed by atoms with Gasteiger partial charge >= 0.3 is 0 Å². The molecule has 2 aromatic rings. The highest BCUT2D eigenvalue weighted by Crippen LogP contribution is 2.11. The van der Waals surface area contributed by atoms with E-state index in [0.717, 1.165) is 23.4 Å². The van der Waals surface area contributed by atoms with Gasteiger partial charge in [0.1, 0.15) is 0 Å². The van der Waals surface area contributed by atoms with Crippen molar-refractivity contribution in [2.75, 3.05) is 16.8 Å². The molecule has 2 N–H and O–H groups in total. The smallest absolute Gasteiger partial charge is 0.234 e. The number of hydrogen-bond donors (Lipinski definition) is 2. The zero-order valence-electron chi connectivity index (χ0n) is 11.8. The van der Waals surface area contributed by atoms with Gasteiger partial charge in [0.25, 0.3) is 0 Å². The molecule has 0 fully saturated rings. The van der Waals surface area contributed by atoms with E-state index in [0.29, 0.717) is 5.75 Å². The van der Waals surface area contributed by atoms with Crippen molar-refractivity contribution in [1.82, 2.24) is 0 Å². The molecular weight excluding hydrogens is 282 g/mol. The van der Waals surface area contributed by atoms with E-state index < -0.39 is 0 Å². The highest BCUT2D eigenvalue weighted by molar-refractivity contribution is 7.99. The van der Waals surface area contributed by atoms with E-state index in [9.17, 15) is 4.79 Å². The van der Waals surface area contributed by atoms with Gasteiger partial charge in [0.2, 0.25) is 5.91 Å². The van der Waals surface area contributed by atoms with Gasteiger partial charge in [-0.2, -0.15) is 11.8 Å². The maximum absolute atomic E-state index is 11.8. The summed E-state index contributed by atoms with van der Waals surface area (Å²) in [5, 5.41) is 11.8. The summed E-state index contributed by atoms with van der Waals surface area (Å²) < 4.78 is 0. The maximum atomic E-state index is 11.8. The van der Waals surface area contributed by atoms with E-state index in [4.69, 9.17) is 5.11 Å². The summed E-state index contributed by atoms with van der Waals surface area (Å²) in [4.78, 5) is 11.8. The van der Waals surface area contributed by atoms with Crippen molar-refractivity contribution in [2.24, 2.45) is 0 Å². The quantitative estimate of drug-likeness (QED) is 0.773. The SMILES string of the molecule is O=C(CSCCc1ccccc1)Nc1ccc(CO)cc1. The second-order valence-corrected chi connectivity index (χ2v) is 5.80. The monoisotopic (exact) mass is 301 g/mol. The number of rotatable bonds is 7. The molecule has 0 aliphatic carbocycles. The van der Waals surface area contributed by atoms with Gasteiger partial charge in [0, 0.05) is 5.69 Å². The van der Waals surface area contributed by atoms with Crippen LogP contribution in [0.4, 0.5) is 5.69 Å². The number of nitrogens with one attached hydrogen (secondary N) is 1. The predicted octanol–water partition coefficient (Wildman–Crippen LogP) is 3.09. The second kappa shape index (κ2) is 8.49. The summed E-state index contributed by atoms with van der Waals surface area (Å²) >= 11 is 1.63. The van der Waals surface area contributed by atoms with Crippen LogP contribution in [0, 0.1) is 0 Å². The molecule has 0 aliphatic heterocycles. The number of hydrogen-bond acceptors (Lipinski definition) is 3. The van der Waals surface area contributed by atoms with Crippen LogP contribution in [0.15, 0.2) is 54.6 Å². The standard InChI is InChI=1S/C17H19NO2S/c19-12-15-6-8-16(9-7-15)18-17(20)13-21-11-10-14-4-2-1-3-5-14/h1-9,19H,10-13H2,(H,18,20). The molecule has 2 rings (SSSR count). The number of anilines is 1. The fourth-order valence-corrected chi connectivity index (χ4v) is 2.67. The third-order valence-corrected chi connectivity index (χ3v) is 3.99. The number of carbonyl (C=O) groups is 1. The second-order valence-electron chi connectivity index (χ2n) is 4.69. The van der Waals surface area contributed by atoms with Crippen LogP contribution < -0.4 is 5.32 Å². The Labute approximate surface area is 129 Å². The first-order valence-electron chi connectivity index (χ1n) is 6.89. The van der Waals surface area contributed by atoms with Crippen molar-refractivity contribution in [3.05, 3.63) is 65.7 Å². The van der Waals surface area contributed by atoms with Crippen LogP contribution in [-0.2, 0) is 17.8 Å². The molecule has 1 amide bonds. The summed E-state index contributed by atoms with van der Waals surface area (Å²) in [7, 11) is 0.